The van der Waals surface area contributed by atoms with Gasteiger partial charge < -0.3 is 10.5 Å². The van der Waals surface area contributed by atoms with Crippen molar-refractivity contribution in [1.29, 1.82) is 0 Å². The summed E-state index contributed by atoms with van der Waals surface area (Å²) in [5.74, 6) is 0. The lowest BCUT2D eigenvalue weighted by atomic mass is 9.81. The molecule has 0 amide bonds. The first kappa shape index (κ1) is 10.3. The highest BCUT2D eigenvalue weighted by molar-refractivity contribution is 5.45. The number of benzene rings is 1. The third-order valence-electron chi connectivity index (χ3n) is 4.01. The molecule has 0 unspecified atom stereocenters. The molecule has 86 valence electrons. The maximum Gasteiger partial charge on any atom is 0.0744 e. The van der Waals surface area contributed by atoms with Gasteiger partial charge in [-0.05, 0) is 54.9 Å². The first-order chi connectivity index (χ1) is 7.77. The molecule has 0 saturated carbocycles. The van der Waals surface area contributed by atoms with Crippen LogP contribution in [0.15, 0.2) is 12.1 Å². The Morgan fingerprint density at radius 2 is 1.94 bits per heavy atom. The topological polar surface area (TPSA) is 35.2 Å². The summed E-state index contributed by atoms with van der Waals surface area (Å²) in [6, 6.07) is 4.56. The Bertz CT molecular complexity index is 413. The van der Waals surface area contributed by atoms with E-state index in [4.69, 9.17) is 10.5 Å². The number of hydrogen-bond acceptors (Lipinski definition) is 2. The van der Waals surface area contributed by atoms with Gasteiger partial charge in [0.2, 0.25) is 0 Å². The van der Waals surface area contributed by atoms with E-state index in [1.54, 1.807) is 0 Å². The molecule has 1 aliphatic heterocycles. The number of rotatable bonds is 0. The van der Waals surface area contributed by atoms with Gasteiger partial charge in [0, 0.05) is 0 Å². The average molecular weight is 217 g/mol. The predicted molar refractivity (Wildman–Crippen MR) is 64.3 cm³/mol. The molecule has 0 aromatic heterocycles. The van der Waals surface area contributed by atoms with E-state index in [2.05, 4.69) is 19.1 Å². The minimum Gasteiger partial charge on any atom is -0.372 e. The molecule has 16 heavy (non-hydrogen) atoms. The molecule has 0 spiro atoms. The number of hydrogen-bond donors (Lipinski definition) is 1. The Labute approximate surface area is 96.8 Å². The fourth-order valence-electron chi connectivity index (χ4n) is 3.01. The van der Waals surface area contributed by atoms with Crippen molar-refractivity contribution >= 4 is 0 Å². The molecule has 1 heterocycles. The lowest BCUT2D eigenvalue weighted by Crippen LogP contribution is -2.33. The highest BCUT2D eigenvalue weighted by Crippen LogP contribution is 2.35. The van der Waals surface area contributed by atoms with Crippen molar-refractivity contribution < 1.29 is 4.74 Å². The molecule has 3 rings (SSSR count). The molecule has 0 radical (unpaired) electrons. The van der Waals surface area contributed by atoms with E-state index in [9.17, 15) is 0 Å². The molecule has 1 aromatic rings. The second-order valence-electron chi connectivity index (χ2n) is 5.03. The summed E-state index contributed by atoms with van der Waals surface area (Å²) in [6.45, 7) is 2.81. The maximum atomic E-state index is 6.29. The Kier molecular flexibility index (Phi) is 2.49. The minimum absolute atomic E-state index is 0.0665. The third-order valence-corrected chi connectivity index (χ3v) is 4.01. The molecule has 0 fully saturated rings. The van der Waals surface area contributed by atoms with Crippen molar-refractivity contribution in [3.63, 3.8) is 0 Å². The van der Waals surface area contributed by atoms with Gasteiger partial charge in [-0.15, -0.1) is 0 Å². The molecule has 2 N–H and O–H groups in total. The summed E-state index contributed by atoms with van der Waals surface area (Å²) in [4.78, 5) is 0. The van der Waals surface area contributed by atoms with Crippen LogP contribution in [-0.4, -0.2) is 6.10 Å². The SMILES string of the molecule is C[C@H]1OCc2ccc3c(c2[C@@H]1N)CCCC3. The first-order valence-corrected chi connectivity index (χ1v) is 6.28. The summed E-state index contributed by atoms with van der Waals surface area (Å²) in [6.07, 6.45) is 5.23. The summed E-state index contributed by atoms with van der Waals surface area (Å²) >= 11 is 0. The molecular formula is C14H19NO. The van der Waals surface area contributed by atoms with E-state index in [1.807, 2.05) is 0 Å². The fraction of sp³-hybridized carbons (Fsp3) is 0.571. The van der Waals surface area contributed by atoms with Gasteiger partial charge in [0.05, 0.1) is 18.8 Å². The van der Waals surface area contributed by atoms with E-state index in [1.165, 1.54) is 47.9 Å². The fourth-order valence-corrected chi connectivity index (χ4v) is 3.01. The Hall–Kier alpha value is -0.860. The summed E-state index contributed by atoms with van der Waals surface area (Å²) in [5.41, 5.74) is 12.1. The van der Waals surface area contributed by atoms with E-state index >= 15 is 0 Å². The van der Waals surface area contributed by atoms with Gasteiger partial charge in [-0.25, -0.2) is 0 Å². The van der Waals surface area contributed by atoms with Crippen molar-refractivity contribution in [1.82, 2.24) is 0 Å². The van der Waals surface area contributed by atoms with Crippen LogP contribution in [0.4, 0.5) is 0 Å². The van der Waals surface area contributed by atoms with Gasteiger partial charge in [-0.2, -0.15) is 0 Å². The van der Waals surface area contributed by atoms with Crippen molar-refractivity contribution in [2.45, 2.75) is 51.4 Å². The number of ether oxygens (including phenoxy) is 1. The van der Waals surface area contributed by atoms with Gasteiger partial charge in [0.15, 0.2) is 0 Å². The Morgan fingerprint density at radius 1 is 1.19 bits per heavy atom. The number of nitrogens with two attached hydrogens (primary N) is 1. The summed E-state index contributed by atoms with van der Waals surface area (Å²) in [5, 5.41) is 0. The van der Waals surface area contributed by atoms with Crippen molar-refractivity contribution in [3.8, 4) is 0 Å². The van der Waals surface area contributed by atoms with Gasteiger partial charge in [-0.3, -0.25) is 0 Å². The largest absolute Gasteiger partial charge is 0.372 e. The zero-order valence-corrected chi connectivity index (χ0v) is 9.83. The zero-order chi connectivity index (χ0) is 11.1. The van der Waals surface area contributed by atoms with Gasteiger partial charge in [0.1, 0.15) is 0 Å². The molecule has 2 heteroatoms. The second-order valence-corrected chi connectivity index (χ2v) is 5.03. The van der Waals surface area contributed by atoms with Crippen LogP contribution >= 0.6 is 0 Å². The van der Waals surface area contributed by atoms with Crippen LogP contribution in [0.25, 0.3) is 0 Å². The minimum atomic E-state index is 0.0665. The van der Waals surface area contributed by atoms with Crippen LogP contribution in [0.2, 0.25) is 0 Å². The van der Waals surface area contributed by atoms with Crippen molar-refractivity contribution in [2.75, 3.05) is 0 Å². The molecule has 1 aliphatic carbocycles. The third kappa shape index (κ3) is 1.48. The highest BCUT2D eigenvalue weighted by Gasteiger charge is 2.28. The average Bonchev–Trinajstić information content (AvgIpc) is 2.33. The van der Waals surface area contributed by atoms with E-state index in [0.29, 0.717) is 0 Å². The Morgan fingerprint density at radius 3 is 2.81 bits per heavy atom. The molecular weight excluding hydrogens is 198 g/mol. The van der Waals surface area contributed by atoms with E-state index < -0.39 is 0 Å². The standard InChI is InChI=1S/C14H19NO/c1-9-14(15)13-11(8-16-9)7-6-10-4-2-3-5-12(10)13/h6-7,9,14H,2-5,8,15H2,1H3/t9-,14-/m1/s1. The quantitative estimate of drug-likeness (QED) is 0.724. The zero-order valence-electron chi connectivity index (χ0n) is 9.83. The molecule has 2 aliphatic rings. The normalized spacial score (nSPS) is 28.4. The Balaban J connectivity index is 2.14. The lowest BCUT2D eigenvalue weighted by Gasteiger charge is -2.33. The molecule has 2 atom stereocenters. The van der Waals surface area contributed by atoms with Crippen LogP contribution < -0.4 is 5.73 Å². The molecule has 0 bridgehead atoms. The molecule has 1 aromatic carbocycles. The number of fused-ring (bicyclic) bond motifs is 3. The van der Waals surface area contributed by atoms with Crippen LogP contribution in [0.1, 0.15) is 48.1 Å². The lowest BCUT2D eigenvalue weighted by molar-refractivity contribution is 0.0209. The number of aryl methyl sites for hydroxylation is 1. The van der Waals surface area contributed by atoms with E-state index in [-0.39, 0.29) is 12.1 Å². The first-order valence-electron chi connectivity index (χ1n) is 6.28. The van der Waals surface area contributed by atoms with Crippen LogP contribution in [0.3, 0.4) is 0 Å². The molecule has 2 nitrogen and oxygen atoms in total. The van der Waals surface area contributed by atoms with E-state index in [0.717, 1.165) is 6.61 Å². The summed E-state index contributed by atoms with van der Waals surface area (Å²) in [7, 11) is 0. The summed E-state index contributed by atoms with van der Waals surface area (Å²) < 4.78 is 5.68. The van der Waals surface area contributed by atoms with Crippen LogP contribution in [0, 0.1) is 0 Å². The van der Waals surface area contributed by atoms with Crippen LogP contribution in [-0.2, 0) is 24.2 Å². The smallest absolute Gasteiger partial charge is 0.0744 e. The molecule has 0 saturated heterocycles. The monoisotopic (exact) mass is 217 g/mol. The van der Waals surface area contributed by atoms with Crippen molar-refractivity contribution in [2.24, 2.45) is 5.73 Å². The van der Waals surface area contributed by atoms with Gasteiger partial charge in [0.25, 0.3) is 0 Å². The second kappa shape index (κ2) is 3.86. The van der Waals surface area contributed by atoms with Gasteiger partial charge in [-0.1, -0.05) is 12.1 Å². The maximum absolute atomic E-state index is 6.29. The highest BCUT2D eigenvalue weighted by atomic mass is 16.5. The van der Waals surface area contributed by atoms with Gasteiger partial charge >= 0.3 is 0 Å². The predicted octanol–water partition coefficient (Wildman–Crippen LogP) is 2.48. The van der Waals surface area contributed by atoms with Crippen molar-refractivity contribution in [3.05, 3.63) is 34.4 Å². The van der Waals surface area contributed by atoms with Crippen LogP contribution in [0.5, 0.6) is 0 Å².